The predicted molar refractivity (Wildman–Crippen MR) is 62.8 cm³/mol. The normalized spacial score (nSPS) is 18.1. The molecule has 2 aromatic rings. The van der Waals surface area contributed by atoms with Crippen LogP contribution in [0.15, 0.2) is 24.3 Å². The summed E-state index contributed by atoms with van der Waals surface area (Å²) in [6.07, 6.45) is 0. The van der Waals surface area contributed by atoms with Gasteiger partial charge in [0, 0.05) is 0 Å². The first kappa shape index (κ1) is 11.3. The number of benzene rings is 1. The fraction of sp³-hybridized carbons (Fsp3) is 0.0909. The molecule has 7 nitrogen and oxygen atoms in total. The molecule has 0 bridgehead atoms. The highest BCUT2D eigenvalue weighted by molar-refractivity contribution is 6.15. The van der Waals surface area contributed by atoms with Crippen LogP contribution < -0.4 is 11.1 Å². The monoisotopic (exact) mass is 261 g/mol. The molecular weight excluding hydrogens is 253 g/mol. The average molecular weight is 261 g/mol. The number of rotatable bonds is 1. The third-order valence-corrected chi connectivity index (χ3v) is 2.76. The van der Waals surface area contributed by atoms with Crippen LogP contribution in [0.5, 0.6) is 0 Å². The second-order valence-electron chi connectivity index (χ2n) is 4.02. The third kappa shape index (κ3) is 1.73. The third-order valence-electron chi connectivity index (χ3n) is 2.76. The van der Waals surface area contributed by atoms with E-state index < -0.39 is 23.5 Å². The van der Waals surface area contributed by atoms with Gasteiger partial charge in [0.15, 0.2) is 0 Å². The van der Waals surface area contributed by atoms with Gasteiger partial charge in [-0.25, -0.2) is 4.39 Å². The van der Waals surface area contributed by atoms with Gasteiger partial charge in [-0.2, -0.15) is 9.67 Å². The van der Waals surface area contributed by atoms with Crippen molar-refractivity contribution in [1.82, 2.24) is 14.8 Å². The van der Waals surface area contributed by atoms with E-state index in [9.17, 15) is 14.0 Å². The lowest BCUT2D eigenvalue weighted by Crippen LogP contribution is -2.38. The summed E-state index contributed by atoms with van der Waals surface area (Å²) < 4.78 is 14.1. The van der Waals surface area contributed by atoms with E-state index >= 15 is 0 Å². The zero-order chi connectivity index (χ0) is 13.6. The first-order chi connectivity index (χ1) is 9.06. The van der Waals surface area contributed by atoms with E-state index in [4.69, 9.17) is 5.73 Å². The molecule has 0 saturated heterocycles. The summed E-state index contributed by atoms with van der Waals surface area (Å²) in [5, 5.41) is 6.10. The van der Waals surface area contributed by atoms with Crippen LogP contribution >= 0.6 is 0 Å². The standard InChI is InChI=1S/C11H8FN5O2/c12-6-3-1-2-5(4-6)7-8(18)14-11-15-10(13)16-17(11)9(7)19/h1-4,7H,(H3,13,14,15,16,18). The second-order valence-corrected chi connectivity index (χ2v) is 4.02. The number of nitrogens with zero attached hydrogens (tertiary/aromatic N) is 3. The molecule has 0 spiro atoms. The van der Waals surface area contributed by atoms with Gasteiger partial charge < -0.3 is 5.73 Å². The van der Waals surface area contributed by atoms with Crippen LogP contribution in [-0.2, 0) is 4.79 Å². The maximum atomic E-state index is 13.2. The van der Waals surface area contributed by atoms with Crippen LogP contribution in [0, 0.1) is 5.82 Å². The SMILES string of the molecule is Nc1nc2n(n1)C(=O)C(c1cccc(F)c1)C(=O)N2. The van der Waals surface area contributed by atoms with Gasteiger partial charge in [0.25, 0.3) is 5.91 Å². The van der Waals surface area contributed by atoms with Crippen molar-refractivity contribution in [2.45, 2.75) is 5.92 Å². The van der Waals surface area contributed by atoms with Crippen molar-refractivity contribution in [2.24, 2.45) is 0 Å². The summed E-state index contributed by atoms with van der Waals surface area (Å²) >= 11 is 0. The Morgan fingerprint density at radius 2 is 2.16 bits per heavy atom. The first-order valence-electron chi connectivity index (χ1n) is 5.39. The maximum Gasteiger partial charge on any atom is 0.267 e. The van der Waals surface area contributed by atoms with Crippen LogP contribution in [0.4, 0.5) is 16.3 Å². The maximum absolute atomic E-state index is 13.2. The van der Waals surface area contributed by atoms with Gasteiger partial charge >= 0.3 is 0 Å². The highest BCUT2D eigenvalue weighted by Crippen LogP contribution is 2.26. The minimum atomic E-state index is -1.16. The molecule has 1 unspecified atom stereocenters. The molecule has 0 aliphatic carbocycles. The molecule has 1 amide bonds. The van der Waals surface area contributed by atoms with Crippen molar-refractivity contribution in [3.05, 3.63) is 35.6 Å². The topological polar surface area (TPSA) is 103 Å². The second kappa shape index (κ2) is 3.87. The summed E-state index contributed by atoms with van der Waals surface area (Å²) in [6.45, 7) is 0. The van der Waals surface area contributed by atoms with E-state index in [0.29, 0.717) is 0 Å². The lowest BCUT2D eigenvalue weighted by atomic mass is 9.96. The largest absolute Gasteiger partial charge is 0.366 e. The number of halogens is 1. The molecule has 1 aromatic heterocycles. The number of aromatic nitrogens is 3. The number of amides is 1. The van der Waals surface area contributed by atoms with Crippen LogP contribution in [0.3, 0.4) is 0 Å². The van der Waals surface area contributed by atoms with E-state index in [2.05, 4.69) is 15.4 Å². The quantitative estimate of drug-likeness (QED) is 0.722. The van der Waals surface area contributed by atoms with Gasteiger partial charge in [0.2, 0.25) is 17.8 Å². The smallest absolute Gasteiger partial charge is 0.267 e. The molecule has 1 aliphatic rings. The summed E-state index contributed by atoms with van der Waals surface area (Å²) in [5.41, 5.74) is 5.62. The van der Waals surface area contributed by atoms with E-state index in [1.165, 1.54) is 18.2 Å². The summed E-state index contributed by atoms with van der Waals surface area (Å²) in [4.78, 5) is 27.8. The molecule has 0 fully saturated rings. The summed E-state index contributed by atoms with van der Waals surface area (Å²) in [5.74, 6) is -3.04. The van der Waals surface area contributed by atoms with Gasteiger partial charge in [-0.3, -0.25) is 14.9 Å². The lowest BCUT2D eigenvalue weighted by Gasteiger charge is -2.20. The zero-order valence-corrected chi connectivity index (χ0v) is 9.50. The van der Waals surface area contributed by atoms with Gasteiger partial charge in [0.05, 0.1) is 0 Å². The molecule has 1 aliphatic heterocycles. The van der Waals surface area contributed by atoms with Crippen molar-refractivity contribution in [3.8, 4) is 0 Å². The molecular formula is C11H8FN5O2. The van der Waals surface area contributed by atoms with Gasteiger partial charge in [0.1, 0.15) is 11.7 Å². The predicted octanol–water partition coefficient (Wildman–Crippen LogP) is 0.375. The highest BCUT2D eigenvalue weighted by Gasteiger charge is 2.37. The minimum Gasteiger partial charge on any atom is -0.366 e. The molecule has 1 aromatic carbocycles. The van der Waals surface area contributed by atoms with E-state index in [1.807, 2.05) is 0 Å². The number of carbonyl (C=O) groups excluding carboxylic acids is 2. The van der Waals surface area contributed by atoms with Crippen LogP contribution in [0.25, 0.3) is 0 Å². The Balaban J connectivity index is 2.09. The molecule has 8 heteroatoms. The molecule has 3 N–H and O–H groups in total. The van der Waals surface area contributed by atoms with E-state index in [0.717, 1.165) is 10.7 Å². The van der Waals surface area contributed by atoms with Gasteiger partial charge in [-0.15, -0.1) is 5.10 Å². The number of fused-ring (bicyclic) bond motifs is 1. The van der Waals surface area contributed by atoms with Crippen molar-refractivity contribution in [2.75, 3.05) is 11.1 Å². The van der Waals surface area contributed by atoms with Crippen molar-refractivity contribution >= 4 is 23.7 Å². The summed E-state index contributed by atoms with van der Waals surface area (Å²) in [6, 6.07) is 5.29. The van der Waals surface area contributed by atoms with Crippen LogP contribution in [-0.4, -0.2) is 26.6 Å². The Bertz CT molecular complexity index is 696. The Kier molecular flexibility index (Phi) is 2.31. The number of nitrogens with two attached hydrogens (primary N) is 1. The zero-order valence-electron chi connectivity index (χ0n) is 9.50. The van der Waals surface area contributed by atoms with Crippen molar-refractivity contribution in [1.29, 1.82) is 0 Å². The van der Waals surface area contributed by atoms with Gasteiger partial charge in [-0.05, 0) is 17.7 Å². The minimum absolute atomic E-state index is 0.0276. The fourth-order valence-electron chi connectivity index (χ4n) is 1.96. The van der Waals surface area contributed by atoms with Crippen LogP contribution in [0.1, 0.15) is 16.3 Å². The Hall–Kier alpha value is -2.77. The van der Waals surface area contributed by atoms with E-state index in [-0.39, 0.29) is 17.5 Å². The molecule has 1 atom stereocenters. The molecule has 96 valence electrons. The van der Waals surface area contributed by atoms with Crippen molar-refractivity contribution < 1.29 is 14.0 Å². The number of nitrogens with one attached hydrogen (secondary N) is 1. The number of nitrogen functional groups attached to an aromatic ring is 1. The Morgan fingerprint density at radius 1 is 1.37 bits per heavy atom. The number of hydrogen-bond donors (Lipinski definition) is 2. The highest BCUT2D eigenvalue weighted by atomic mass is 19.1. The first-order valence-corrected chi connectivity index (χ1v) is 5.39. The van der Waals surface area contributed by atoms with Gasteiger partial charge in [-0.1, -0.05) is 12.1 Å². The fourth-order valence-corrected chi connectivity index (χ4v) is 1.96. The molecule has 0 radical (unpaired) electrons. The summed E-state index contributed by atoms with van der Waals surface area (Å²) in [7, 11) is 0. The number of carbonyl (C=O) groups is 2. The lowest BCUT2D eigenvalue weighted by molar-refractivity contribution is -0.117. The Morgan fingerprint density at radius 3 is 2.89 bits per heavy atom. The van der Waals surface area contributed by atoms with Crippen LogP contribution in [0.2, 0.25) is 0 Å². The molecule has 2 heterocycles. The Labute approximate surface area is 106 Å². The molecule has 19 heavy (non-hydrogen) atoms. The van der Waals surface area contributed by atoms with Crippen molar-refractivity contribution in [3.63, 3.8) is 0 Å². The van der Waals surface area contributed by atoms with E-state index in [1.54, 1.807) is 0 Å². The molecule has 3 rings (SSSR count). The molecule has 0 saturated carbocycles. The number of hydrogen-bond acceptors (Lipinski definition) is 5. The number of anilines is 2. The average Bonchev–Trinajstić information content (AvgIpc) is 2.70.